The lowest BCUT2D eigenvalue weighted by atomic mass is 10.3. The number of fused-ring (bicyclic) bond motifs is 1. The number of amides is 1. The Labute approximate surface area is 185 Å². The van der Waals surface area contributed by atoms with Gasteiger partial charge in [-0.1, -0.05) is 23.2 Å². The maximum absolute atomic E-state index is 14.3. The number of carbonyl (C=O) groups is 1. The summed E-state index contributed by atoms with van der Waals surface area (Å²) in [4.78, 5) is 14.2. The number of ether oxygens (including phenoxy) is 2. The summed E-state index contributed by atoms with van der Waals surface area (Å²) in [6, 6.07) is 13.9. The molecule has 0 radical (unpaired) electrons. The van der Waals surface area contributed by atoms with E-state index >= 15 is 0 Å². The van der Waals surface area contributed by atoms with Crippen LogP contribution in [0.3, 0.4) is 0 Å². The third-order valence-electron chi connectivity index (χ3n) is 5.48. The van der Waals surface area contributed by atoms with Gasteiger partial charge < -0.3 is 14.8 Å². The number of halogens is 3. The molecule has 1 aliphatic carbocycles. The first-order valence-corrected chi connectivity index (χ1v) is 10.7. The number of carbonyl (C=O) groups excluding carboxylic acids is 1. The zero-order valence-electron chi connectivity index (χ0n) is 16.3. The molecule has 1 amide bonds. The molecule has 1 saturated heterocycles. The molecule has 1 N–H and O–H groups in total. The highest BCUT2D eigenvalue weighted by molar-refractivity contribution is 6.30. The number of rotatable bonds is 9. The third kappa shape index (κ3) is 5.56. The third-order valence-corrected chi connectivity index (χ3v) is 5.99. The normalized spacial score (nSPS) is 23.5. The molecule has 1 heterocycles. The molecule has 0 aromatic heterocycles. The molecule has 4 rings (SSSR count). The molecule has 30 heavy (non-hydrogen) atoms. The molecule has 0 bridgehead atoms. The first-order chi connectivity index (χ1) is 14.5. The molecule has 2 aromatic carbocycles. The first kappa shape index (κ1) is 21.2. The van der Waals surface area contributed by atoms with Crippen molar-refractivity contribution < 1.29 is 18.7 Å². The molecule has 2 aromatic rings. The maximum Gasteiger partial charge on any atom is 0.258 e. The van der Waals surface area contributed by atoms with Gasteiger partial charge in [-0.2, -0.15) is 0 Å². The van der Waals surface area contributed by atoms with Gasteiger partial charge in [-0.05, 0) is 60.4 Å². The van der Waals surface area contributed by atoms with Gasteiger partial charge in [-0.25, -0.2) is 4.39 Å². The van der Waals surface area contributed by atoms with E-state index in [0.717, 1.165) is 13.1 Å². The van der Waals surface area contributed by atoms with E-state index in [1.807, 2.05) is 0 Å². The molecule has 5 nitrogen and oxygen atoms in total. The number of nitrogens with one attached hydrogen (secondary N) is 1. The van der Waals surface area contributed by atoms with Crippen molar-refractivity contribution in [1.82, 2.24) is 10.2 Å². The fourth-order valence-corrected chi connectivity index (χ4v) is 4.19. The predicted octanol–water partition coefficient (Wildman–Crippen LogP) is 3.84. The fourth-order valence-electron chi connectivity index (χ4n) is 3.93. The average molecular weight is 453 g/mol. The van der Waals surface area contributed by atoms with Gasteiger partial charge in [0.1, 0.15) is 24.3 Å². The Hall–Kier alpha value is -2.02. The highest BCUT2D eigenvalue weighted by Crippen LogP contribution is 2.45. The van der Waals surface area contributed by atoms with Gasteiger partial charge in [0, 0.05) is 35.7 Å². The van der Waals surface area contributed by atoms with Crippen LogP contribution in [0.25, 0.3) is 0 Å². The standard InChI is InChI=1S/C22H23Cl2FN2O3/c23-14-1-5-17(6-2-14)29-12-16(25)9-27-10-19-20(11-27)22(19)26-21(28)13-30-18-7-3-15(24)4-8-18/h1-8,16,19-20,22H,9-13H2,(H,26,28)/t16?,19-,20+,22+. The van der Waals surface area contributed by atoms with Gasteiger partial charge in [-0.3, -0.25) is 9.69 Å². The molecular weight excluding hydrogens is 430 g/mol. The Morgan fingerprint density at radius 3 is 2.10 bits per heavy atom. The minimum absolute atomic E-state index is 0.00959. The molecule has 8 heteroatoms. The lowest BCUT2D eigenvalue weighted by Crippen LogP contribution is -2.39. The lowest BCUT2D eigenvalue weighted by Gasteiger charge is -2.22. The molecule has 1 saturated carbocycles. The number of benzene rings is 2. The van der Waals surface area contributed by atoms with Gasteiger partial charge in [0.15, 0.2) is 6.61 Å². The topological polar surface area (TPSA) is 50.8 Å². The number of alkyl halides is 1. The summed E-state index contributed by atoms with van der Waals surface area (Å²) in [6.07, 6.45) is -1.07. The SMILES string of the molecule is O=C(COc1ccc(Cl)cc1)N[C@H]1[C@@H]2CN(CC(F)COc3ccc(Cl)cc3)C[C@@H]21. The van der Waals surface area contributed by atoms with Crippen molar-refractivity contribution in [2.45, 2.75) is 12.2 Å². The number of piperidine rings is 1. The minimum atomic E-state index is -1.07. The van der Waals surface area contributed by atoms with E-state index in [4.69, 9.17) is 32.7 Å². The van der Waals surface area contributed by atoms with Crippen molar-refractivity contribution in [1.29, 1.82) is 0 Å². The summed E-state index contributed by atoms with van der Waals surface area (Å²) in [5.74, 6) is 1.83. The summed E-state index contributed by atoms with van der Waals surface area (Å²) < 4.78 is 25.2. The van der Waals surface area contributed by atoms with E-state index in [9.17, 15) is 9.18 Å². The van der Waals surface area contributed by atoms with E-state index in [0.29, 0.717) is 39.9 Å². The second kappa shape index (κ2) is 9.41. The average Bonchev–Trinajstić information content (AvgIpc) is 3.16. The minimum Gasteiger partial charge on any atom is -0.491 e. The Morgan fingerprint density at radius 1 is 1.00 bits per heavy atom. The van der Waals surface area contributed by atoms with Gasteiger partial charge in [0.25, 0.3) is 5.91 Å². The summed E-state index contributed by atoms with van der Waals surface area (Å²) in [5.41, 5.74) is 0. The van der Waals surface area contributed by atoms with Crippen LogP contribution in [0.2, 0.25) is 10.0 Å². The first-order valence-electron chi connectivity index (χ1n) is 9.90. The van der Waals surface area contributed by atoms with Crippen molar-refractivity contribution >= 4 is 29.1 Å². The van der Waals surface area contributed by atoms with Gasteiger partial charge in [0.05, 0.1) is 0 Å². The van der Waals surface area contributed by atoms with Crippen molar-refractivity contribution in [2.75, 3.05) is 32.8 Å². The van der Waals surface area contributed by atoms with Crippen molar-refractivity contribution in [2.24, 2.45) is 11.8 Å². The zero-order valence-corrected chi connectivity index (χ0v) is 17.8. The Morgan fingerprint density at radius 2 is 1.53 bits per heavy atom. The summed E-state index contributed by atoms with van der Waals surface area (Å²) in [6.45, 7) is 1.89. The van der Waals surface area contributed by atoms with E-state index in [1.165, 1.54) is 0 Å². The summed E-state index contributed by atoms with van der Waals surface area (Å²) >= 11 is 11.7. The lowest BCUT2D eigenvalue weighted by molar-refractivity contribution is -0.123. The summed E-state index contributed by atoms with van der Waals surface area (Å²) in [5, 5.41) is 4.26. The highest BCUT2D eigenvalue weighted by Gasteiger charge is 2.56. The van der Waals surface area contributed by atoms with Crippen LogP contribution in [-0.4, -0.2) is 55.9 Å². The molecule has 0 spiro atoms. The molecule has 1 unspecified atom stereocenters. The van der Waals surface area contributed by atoms with Crippen LogP contribution < -0.4 is 14.8 Å². The molecule has 4 atom stereocenters. The van der Waals surface area contributed by atoms with E-state index in [-0.39, 0.29) is 25.2 Å². The quantitative estimate of drug-likeness (QED) is 0.627. The Kier molecular flexibility index (Phi) is 6.66. The second-order valence-electron chi connectivity index (χ2n) is 7.74. The van der Waals surface area contributed by atoms with Crippen molar-refractivity contribution in [3.8, 4) is 11.5 Å². The maximum atomic E-state index is 14.3. The van der Waals surface area contributed by atoms with E-state index < -0.39 is 6.17 Å². The largest absolute Gasteiger partial charge is 0.491 e. The highest BCUT2D eigenvalue weighted by atomic mass is 35.5. The molecule has 1 aliphatic heterocycles. The van der Waals surface area contributed by atoms with Crippen LogP contribution in [-0.2, 0) is 4.79 Å². The smallest absolute Gasteiger partial charge is 0.258 e. The Bertz CT molecular complexity index is 854. The molecule has 2 fully saturated rings. The molecule has 2 aliphatic rings. The second-order valence-corrected chi connectivity index (χ2v) is 8.62. The zero-order chi connectivity index (χ0) is 21.1. The van der Waals surface area contributed by atoms with Gasteiger partial charge >= 0.3 is 0 Å². The molecular formula is C22H23Cl2FN2O3. The van der Waals surface area contributed by atoms with Crippen LogP contribution >= 0.6 is 23.2 Å². The number of likely N-dealkylation sites (tertiary alicyclic amines) is 1. The monoisotopic (exact) mass is 452 g/mol. The van der Waals surface area contributed by atoms with Crippen molar-refractivity contribution in [3.05, 3.63) is 58.6 Å². The predicted molar refractivity (Wildman–Crippen MR) is 114 cm³/mol. The number of hydrogen-bond acceptors (Lipinski definition) is 4. The number of nitrogens with zero attached hydrogens (tertiary/aromatic N) is 1. The van der Waals surface area contributed by atoms with Gasteiger partial charge in [0.2, 0.25) is 0 Å². The Balaban J connectivity index is 1.12. The van der Waals surface area contributed by atoms with E-state index in [1.54, 1.807) is 48.5 Å². The number of hydrogen-bond donors (Lipinski definition) is 1. The molecule has 160 valence electrons. The van der Waals surface area contributed by atoms with Crippen LogP contribution in [0.5, 0.6) is 11.5 Å². The van der Waals surface area contributed by atoms with Gasteiger partial charge in [-0.15, -0.1) is 0 Å². The van der Waals surface area contributed by atoms with Crippen LogP contribution in [0.15, 0.2) is 48.5 Å². The fraction of sp³-hybridized carbons (Fsp3) is 0.409. The summed E-state index contributed by atoms with van der Waals surface area (Å²) in [7, 11) is 0. The van der Waals surface area contributed by atoms with E-state index in [2.05, 4.69) is 10.2 Å². The van der Waals surface area contributed by atoms with Crippen LogP contribution in [0.4, 0.5) is 4.39 Å². The van der Waals surface area contributed by atoms with Crippen LogP contribution in [0, 0.1) is 11.8 Å². The van der Waals surface area contributed by atoms with Crippen LogP contribution in [0.1, 0.15) is 0 Å². The van der Waals surface area contributed by atoms with Crippen molar-refractivity contribution in [3.63, 3.8) is 0 Å².